The van der Waals surface area contributed by atoms with E-state index in [1.54, 1.807) is 7.05 Å². The third-order valence-electron chi connectivity index (χ3n) is 3.39. The van der Waals surface area contributed by atoms with Gasteiger partial charge in [-0.05, 0) is 38.6 Å². The van der Waals surface area contributed by atoms with Gasteiger partial charge in [0.15, 0.2) is 0 Å². The molecule has 2 N–H and O–H groups in total. The van der Waals surface area contributed by atoms with Crippen LogP contribution in [0.2, 0.25) is 0 Å². The van der Waals surface area contributed by atoms with Crippen LogP contribution in [0.1, 0.15) is 25.7 Å². The molecule has 1 aliphatic carbocycles. The SMILES string of the molecule is CN[C@H](C(=O)O)[C@H]1CCOC2(CC2)C1. The number of hydrogen-bond acceptors (Lipinski definition) is 3. The Morgan fingerprint density at radius 1 is 1.64 bits per heavy atom. The number of aliphatic carboxylic acids is 1. The molecule has 2 rings (SSSR count). The molecule has 80 valence electrons. The quantitative estimate of drug-likeness (QED) is 0.699. The van der Waals surface area contributed by atoms with Crippen molar-refractivity contribution < 1.29 is 14.6 Å². The Balaban J connectivity index is 1.98. The number of carboxylic acid groups (broad SMARTS) is 1. The van der Waals surface area contributed by atoms with Gasteiger partial charge in [-0.1, -0.05) is 0 Å². The van der Waals surface area contributed by atoms with E-state index in [4.69, 9.17) is 9.84 Å². The van der Waals surface area contributed by atoms with E-state index < -0.39 is 12.0 Å². The summed E-state index contributed by atoms with van der Waals surface area (Å²) in [6, 6.07) is -0.406. The summed E-state index contributed by atoms with van der Waals surface area (Å²) in [7, 11) is 1.72. The summed E-state index contributed by atoms with van der Waals surface area (Å²) < 4.78 is 5.66. The lowest BCUT2D eigenvalue weighted by Crippen LogP contribution is -2.45. The van der Waals surface area contributed by atoms with Crippen molar-refractivity contribution in [2.45, 2.75) is 37.3 Å². The molecule has 1 heterocycles. The van der Waals surface area contributed by atoms with Crippen molar-refractivity contribution in [1.82, 2.24) is 5.32 Å². The average Bonchev–Trinajstić information content (AvgIpc) is 2.85. The first-order valence-corrected chi connectivity index (χ1v) is 5.21. The summed E-state index contributed by atoms with van der Waals surface area (Å²) >= 11 is 0. The van der Waals surface area contributed by atoms with E-state index >= 15 is 0 Å². The predicted molar refractivity (Wildman–Crippen MR) is 51.1 cm³/mol. The third kappa shape index (κ3) is 1.77. The Morgan fingerprint density at radius 3 is 2.86 bits per heavy atom. The van der Waals surface area contributed by atoms with Gasteiger partial charge in [0.25, 0.3) is 0 Å². The molecular formula is C10H17NO3. The number of carboxylic acids is 1. The molecule has 4 heteroatoms. The van der Waals surface area contributed by atoms with Crippen molar-refractivity contribution in [2.24, 2.45) is 5.92 Å². The van der Waals surface area contributed by atoms with Crippen LogP contribution >= 0.6 is 0 Å². The fourth-order valence-electron chi connectivity index (χ4n) is 2.40. The van der Waals surface area contributed by atoms with Gasteiger partial charge in [0, 0.05) is 6.61 Å². The van der Waals surface area contributed by atoms with Gasteiger partial charge >= 0.3 is 5.97 Å². The molecule has 2 atom stereocenters. The van der Waals surface area contributed by atoms with Gasteiger partial charge in [-0.25, -0.2) is 0 Å². The molecular weight excluding hydrogens is 182 g/mol. The van der Waals surface area contributed by atoms with Crippen LogP contribution in [0.4, 0.5) is 0 Å². The highest BCUT2D eigenvalue weighted by molar-refractivity contribution is 5.73. The molecule has 1 aliphatic heterocycles. The largest absolute Gasteiger partial charge is 0.480 e. The van der Waals surface area contributed by atoms with E-state index in [1.165, 1.54) is 0 Å². The van der Waals surface area contributed by atoms with Crippen molar-refractivity contribution in [3.05, 3.63) is 0 Å². The first kappa shape index (κ1) is 9.93. The van der Waals surface area contributed by atoms with Gasteiger partial charge < -0.3 is 15.2 Å². The lowest BCUT2D eigenvalue weighted by Gasteiger charge is -2.32. The van der Waals surface area contributed by atoms with Crippen molar-refractivity contribution in [2.75, 3.05) is 13.7 Å². The first-order chi connectivity index (χ1) is 6.67. The van der Waals surface area contributed by atoms with Crippen LogP contribution in [-0.2, 0) is 9.53 Å². The fourth-order valence-corrected chi connectivity index (χ4v) is 2.40. The molecule has 1 saturated carbocycles. The van der Waals surface area contributed by atoms with Crippen LogP contribution in [0.3, 0.4) is 0 Å². The van der Waals surface area contributed by atoms with Crippen LogP contribution in [0, 0.1) is 5.92 Å². The van der Waals surface area contributed by atoms with Crippen LogP contribution in [0.25, 0.3) is 0 Å². The van der Waals surface area contributed by atoms with Crippen LogP contribution in [0.5, 0.6) is 0 Å². The van der Waals surface area contributed by atoms with Crippen LogP contribution in [-0.4, -0.2) is 36.4 Å². The summed E-state index contributed by atoms with van der Waals surface area (Å²) in [5, 5.41) is 11.9. The maximum Gasteiger partial charge on any atom is 0.320 e. The summed E-state index contributed by atoms with van der Waals surface area (Å²) in [5.74, 6) is -0.510. The second-order valence-corrected chi connectivity index (χ2v) is 4.39. The highest BCUT2D eigenvalue weighted by atomic mass is 16.5. The van der Waals surface area contributed by atoms with E-state index in [0.29, 0.717) is 0 Å². The van der Waals surface area contributed by atoms with Crippen molar-refractivity contribution in [3.63, 3.8) is 0 Å². The minimum atomic E-state index is -0.741. The molecule has 0 bridgehead atoms. The lowest BCUT2D eigenvalue weighted by atomic mass is 9.87. The maximum absolute atomic E-state index is 11.0. The molecule has 2 fully saturated rings. The summed E-state index contributed by atoms with van der Waals surface area (Å²) in [4.78, 5) is 11.0. The molecule has 4 nitrogen and oxygen atoms in total. The van der Waals surface area contributed by atoms with Crippen molar-refractivity contribution >= 4 is 5.97 Å². The second-order valence-electron chi connectivity index (χ2n) is 4.39. The third-order valence-corrected chi connectivity index (χ3v) is 3.39. The number of hydrogen-bond donors (Lipinski definition) is 2. The van der Waals surface area contributed by atoms with Crippen molar-refractivity contribution in [3.8, 4) is 0 Å². The van der Waals surface area contributed by atoms with Gasteiger partial charge in [-0.2, -0.15) is 0 Å². The van der Waals surface area contributed by atoms with E-state index in [0.717, 1.165) is 32.3 Å². The Hall–Kier alpha value is -0.610. The van der Waals surface area contributed by atoms with E-state index in [1.807, 2.05) is 0 Å². The number of nitrogens with one attached hydrogen (secondary N) is 1. The average molecular weight is 199 g/mol. The van der Waals surface area contributed by atoms with Crippen molar-refractivity contribution in [1.29, 1.82) is 0 Å². The summed E-state index contributed by atoms with van der Waals surface area (Å²) in [6.07, 6.45) is 3.99. The topological polar surface area (TPSA) is 58.6 Å². The second kappa shape index (κ2) is 3.51. The molecule has 0 radical (unpaired) electrons. The Labute approximate surface area is 83.6 Å². The lowest BCUT2D eigenvalue weighted by molar-refractivity contribution is -0.142. The molecule has 0 amide bonds. The predicted octanol–water partition coefficient (Wildman–Crippen LogP) is 0.618. The number of carbonyl (C=O) groups is 1. The molecule has 0 aromatic heterocycles. The monoisotopic (exact) mass is 199 g/mol. The van der Waals surface area contributed by atoms with E-state index in [-0.39, 0.29) is 11.5 Å². The fraction of sp³-hybridized carbons (Fsp3) is 0.900. The summed E-state index contributed by atoms with van der Waals surface area (Å²) in [6.45, 7) is 0.718. The van der Waals surface area contributed by atoms with Gasteiger partial charge in [-0.3, -0.25) is 4.79 Å². The zero-order valence-corrected chi connectivity index (χ0v) is 8.45. The first-order valence-electron chi connectivity index (χ1n) is 5.21. The smallest absolute Gasteiger partial charge is 0.320 e. The molecule has 0 unspecified atom stereocenters. The Morgan fingerprint density at radius 2 is 2.36 bits per heavy atom. The molecule has 0 aromatic carbocycles. The number of likely N-dealkylation sites (N-methyl/N-ethyl adjacent to an activating group) is 1. The van der Waals surface area contributed by atoms with Gasteiger partial charge in [0.2, 0.25) is 0 Å². The molecule has 2 aliphatic rings. The highest BCUT2D eigenvalue weighted by Crippen LogP contribution is 2.48. The molecule has 1 saturated heterocycles. The number of rotatable bonds is 3. The van der Waals surface area contributed by atoms with Gasteiger partial charge in [-0.15, -0.1) is 0 Å². The van der Waals surface area contributed by atoms with Crippen LogP contribution in [0.15, 0.2) is 0 Å². The standard InChI is InChI=1S/C10H17NO3/c1-11-8(9(12)13)7-2-5-14-10(6-7)3-4-10/h7-8,11H,2-6H2,1H3,(H,12,13)/t7-,8-/m0/s1. The normalized spacial score (nSPS) is 31.4. The minimum absolute atomic E-state index is 0.0630. The number of ether oxygens (including phenoxy) is 1. The molecule has 0 aromatic rings. The minimum Gasteiger partial charge on any atom is -0.480 e. The Bertz CT molecular complexity index is 238. The molecule has 14 heavy (non-hydrogen) atoms. The van der Waals surface area contributed by atoms with Crippen LogP contribution < -0.4 is 5.32 Å². The zero-order valence-electron chi connectivity index (χ0n) is 8.45. The van der Waals surface area contributed by atoms with E-state index in [9.17, 15) is 4.79 Å². The zero-order chi connectivity index (χ0) is 10.2. The van der Waals surface area contributed by atoms with Gasteiger partial charge in [0.05, 0.1) is 5.60 Å². The Kier molecular flexibility index (Phi) is 2.49. The molecule has 1 spiro atoms. The van der Waals surface area contributed by atoms with Gasteiger partial charge in [0.1, 0.15) is 6.04 Å². The summed E-state index contributed by atoms with van der Waals surface area (Å²) in [5.41, 5.74) is 0.0630. The maximum atomic E-state index is 11.0. The van der Waals surface area contributed by atoms with E-state index in [2.05, 4.69) is 5.32 Å². The highest BCUT2D eigenvalue weighted by Gasteiger charge is 2.49.